The quantitative estimate of drug-likeness (QED) is 0.875. The van der Waals surface area contributed by atoms with Crippen LogP contribution in [0, 0.1) is 18.8 Å². The standard InChI is InChI=1S/C15H24N4O2/c1-11-7-14(17-21-11)10-18-3-5-19(6-4-18)15(20)12(2)13-8-16-9-13/h7,12-13,16H,3-6,8-10H2,1-2H3. The van der Waals surface area contributed by atoms with Crippen molar-refractivity contribution >= 4 is 5.91 Å². The van der Waals surface area contributed by atoms with Crippen molar-refractivity contribution in [1.29, 1.82) is 0 Å². The van der Waals surface area contributed by atoms with E-state index in [1.165, 1.54) is 0 Å². The van der Waals surface area contributed by atoms with Crippen molar-refractivity contribution < 1.29 is 9.32 Å². The summed E-state index contributed by atoms with van der Waals surface area (Å²) < 4.78 is 5.09. The molecular formula is C15H24N4O2. The number of aromatic nitrogens is 1. The molecule has 3 heterocycles. The predicted octanol–water partition coefficient (Wildman–Crippen LogP) is 0.483. The van der Waals surface area contributed by atoms with Crippen LogP contribution in [0.15, 0.2) is 10.6 Å². The van der Waals surface area contributed by atoms with Gasteiger partial charge < -0.3 is 14.7 Å². The van der Waals surface area contributed by atoms with Crippen molar-refractivity contribution in [1.82, 2.24) is 20.3 Å². The Balaban J connectivity index is 1.47. The number of nitrogens with zero attached hydrogens (tertiary/aromatic N) is 3. The van der Waals surface area contributed by atoms with Crippen LogP contribution in [0.1, 0.15) is 18.4 Å². The first-order valence-electron chi connectivity index (χ1n) is 7.77. The maximum absolute atomic E-state index is 12.5. The molecule has 0 aliphatic carbocycles. The summed E-state index contributed by atoms with van der Waals surface area (Å²) in [5.74, 6) is 1.84. The Bertz CT molecular complexity index is 490. The van der Waals surface area contributed by atoms with Crippen LogP contribution in [0.4, 0.5) is 0 Å². The van der Waals surface area contributed by atoms with E-state index >= 15 is 0 Å². The second-order valence-electron chi connectivity index (χ2n) is 6.24. The fraction of sp³-hybridized carbons (Fsp3) is 0.733. The van der Waals surface area contributed by atoms with Crippen molar-refractivity contribution in [2.24, 2.45) is 11.8 Å². The highest BCUT2D eigenvalue weighted by Crippen LogP contribution is 2.19. The van der Waals surface area contributed by atoms with Gasteiger partial charge in [-0.1, -0.05) is 12.1 Å². The largest absolute Gasteiger partial charge is 0.361 e. The summed E-state index contributed by atoms with van der Waals surface area (Å²) >= 11 is 0. The number of nitrogens with one attached hydrogen (secondary N) is 1. The van der Waals surface area contributed by atoms with Gasteiger partial charge in [0.15, 0.2) is 0 Å². The van der Waals surface area contributed by atoms with Gasteiger partial charge in [-0.25, -0.2) is 0 Å². The highest BCUT2D eigenvalue weighted by molar-refractivity contribution is 5.79. The van der Waals surface area contributed by atoms with Crippen LogP contribution in [0.5, 0.6) is 0 Å². The number of piperazine rings is 1. The molecular weight excluding hydrogens is 268 g/mol. The molecule has 21 heavy (non-hydrogen) atoms. The minimum absolute atomic E-state index is 0.149. The van der Waals surface area contributed by atoms with E-state index < -0.39 is 0 Å². The van der Waals surface area contributed by atoms with E-state index in [2.05, 4.69) is 22.3 Å². The van der Waals surface area contributed by atoms with Crippen LogP contribution in [0.25, 0.3) is 0 Å². The lowest BCUT2D eigenvalue weighted by atomic mass is 9.88. The summed E-state index contributed by atoms with van der Waals surface area (Å²) in [5, 5.41) is 7.27. The molecule has 1 aromatic rings. The molecule has 2 fully saturated rings. The van der Waals surface area contributed by atoms with Gasteiger partial charge in [0.2, 0.25) is 5.91 Å². The first-order chi connectivity index (χ1) is 10.1. The Morgan fingerprint density at radius 2 is 2.14 bits per heavy atom. The van der Waals surface area contributed by atoms with Crippen molar-refractivity contribution in [3.05, 3.63) is 17.5 Å². The maximum Gasteiger partial charge on any atom is 0.225 e. The van der Waals surface area contributed by atoms with E-state index in [1.807, 2.05) is 17.9 Å². The molecule has 0 bridgehead atoms. The lowest BCUT2D eigenvalue weighted by molar-refractivity contribution is -0.139. The fourth-order valence-corrected chi connectivity index (χ4v) is 3.00. The number of hydrogen-bond acceptors (Lipinski definition) is 5. The first kappa shape index (κ1) is 14.5. The average molecular weight is 292 g/mol. The zero-order valence-electron chi connectivity index (χ0n) is 12.8. The molecule has 0 spiro atoms. The number of carbonyl (C=O) groups excluding carboxylic acids is 1. The third-order valence-corrected chi connectivity index (χ3v) is 4.66. The van der Waals surface area contributed by atoms with Gasteiger partial charge in [-0.15, -0.1) is 0 Å². The van der Waals surface area contributed by atoms with Crippen molar-refractivity contribution in [2.45, 2.75) is 20.4 Å². The Morgan fingerprint density at radius 3 is 2.67 bits per heavy atom. The van der Waals surface area contributed by atoms with Gasteiger partial charge in [-0.3, -0.25) is 9.69 Å². The Hall–Kier alpha value is -1.40. The molecule has 0 aromatic carbocycles. The average Bonchev–Trinajstić information content (AvgIpc) is 2.82. The van der Waals surface area contributed by atoms with Crippen molar-refractivity contribution in [3.63, 3.8) is 0 Å². The van der Waals surface area contributed by atoms with Crippen LogP contribution in [0.3, 0.4) is 0 Å². The molecule has 6 nitrogen and oxygen atoms in total. The molecule has 2 aliphatic heterocycles. The van der Waals surface area contributed by atoms with E-state index in [1.54, 1.807) is 0 Å². The fourth-order valence-electron chi connectivity index (χ4n) is 3.00. The van der Waals surface area contributed by atoms with E-state index in [9.17, 15) is 4.79 Å². The Labute approximate surface area is 125 Å². The lowest BCUT2D eigenvalue weighted by Crippen LogP contribution is -2.54. The number of carbonyl (C=O) groups is 1. The first-order valence-corrected chi connectivity index (χ1v) is 7.77. The number of amides is 1. The van der Waals surface area contributed by atoms with Crippen molar-refractivity contribution in [2.75, 3.05) is 39.3 Å². The van der Waals surface area contributed by atoms with Gasteiger partial charge >= 0.3 is 0 Å². The normalized spacial score (nSPS) is 22.1. The minimum atomic E-state index is 0.149. The molecule has 2 aliphatic rings. The predicted molar refractivity (Wildman–Crippen MR) is 78.6 cm³/mol. The van der Waals surface area contributed by atoms with Crippen LogP contribution in [-0.2, 0) is 11.3 Å². The van der Waals surface area contributed by atoms with Crippen LogP contribution < -0.4 is 5.32 Å². The van der Waals surface area contributed by atoms with Gasteiger partial charge in [0, 0.05) is 44.7 Å². The van der Waals surface area contributed by atoms with E-state index in [4.69, 9.17) is 4.52 Å². The van der Waals surface area contributed by atoms with Gasteiger partial charge in [-0.2, -0.15) is 0 Å². The molecule has 0 saturated carbocycles. The molecule has 3 rings (SSSR count). The molecule has 2 saturated heterocycles. The van der Waals surface area contributed by atoms with Gasteiger partial charge in [0.1, 0.15) is 5.76 Å². The molecule has 116 valence electrons. The summed E-state index contributed by atoms with van der Waals surface area (Å²) in [6, 6.07) is 1.98. The van der Waals surface area contributed by atoms with Gasteiger partial charge in [0.05, 0.1) is 5.69 Å². The van der Waals surface area contributed by atoms with Crippen LogP contribution in [-0.4, -0.2) is 60.1 Å². The molecule has 1 N–H and O–H groups in total. The van der Waals surface area contributed by atoms with Crippen molar-refractivity contribution in [3.8, 4) is 0 Å². The second kappa shape index (κ2) is 6.15. The zero-order valence-corrected chi connectivity index (χ0v) is 12.8. The third-order valence-electron chi connectivity index (χ3n) is 4.66. The van der Waals surface area contributed by atoms with E-state index in [-0.39, 0.29) is 5.92 Å². The molecule has 1 unspecified atom stereocenters. The molecule has 1 atom stereocenters. The molecule has 6 heteroatoms. The summed E-state index contributed by atoms with van der Waals surface area (Å²) in [5.41, 5.74) is 0.973. The minimum Gasteiger partial charge on any atom is -0.361 e. The summed E-state index contributed by atoms with van der Waals surface area (Å²) in [6.45, 7) is 10.2. The number of aryl methyl sites for hydroxylation is 1. The molecule has 0 radical (unpaired) electrons. The Morgan fingerprint density at radius 1 is 1.43 bits per heavy atom. The van der Waals surface area contributed by atoms with Crippen LogP contribution in [0.2, 0.25) is 0 Å². The highest BCUT2D eigenvalue weighted by atomic mass is 16.5. The van der Waals surface area contributed by atoms with E-state index in [0.717, 1.165) is 57.3 Å². The summed E-state index contributed by atoms with van der Waals surface area (Å²) in [4.78, 5) is 16.8. The summed E-state index contributed by atoms with van der Waals surface area (Å²) in [6.07, 6.45) is 0. The monoisotopic (exact) mass is 292 g/mol. The Kier molecular flexibility index (Phi) is 4.26. The maximum atomic E-state index is 12.5. The third kappa shape index (κ3) is 3.27. The van der Waals surface area contributed by atoms with E-state index in [0.29, 0.717) is 11.8 Å². The zero-order chi connectivity index (χ0) is 14.8. The molecule has 1 aromatic heterocycles. The van der Waals surface area contributed by atoms with Gasteiger partial charge in [0.25, 0.3) is 0 Å². The SMILES string of the molecule is Cc1cc(CN2CCN(C(=O)C(C)C3CNC3)CC2)no1. The second-order valence-corrected chi connectivity index (χ2v) is 6.24. The van der Waals surface area contributed by atoms with Crippen LogP contribution >= 0.6 is 0 Å². The smallest absolute Gasteiger partial charge is 0.225 e. The number of hydrogen-bond donors (Lipinski definition) is 1. The topological polar surface area (TPSA) is 61.6 Å². The number of rotatable bonds is 4. The molecule has 1 amide bonds. The van der Waals surface area contributed by atoms with Gasteiger partial charge in [-0.05, 0) is 25.9 Å². The summed E-state index contributed by atoms with van der Waals surface area (Å²) in [7, 11) is 0. The lowest BCUT2D eigenvalue weighted by Gasteiger charge is -2.39. The highest BCUT2D eigenvalue weighted by Gasteiger charge is 2.32.